The summed E-state index contributed by atoms with van der Waals surface area (Å²) in [6.07, 6.45) is 0. The SMILES string of the molecule is C=S=S=O. The average Bonchev–Trinajstić information content (AvgIpc) is 1.37. The largest absolute Gasteiger partial charge is 0.200 e. The van der Waals surface area contributed by atoms with Gasteiger partial charge in [0, 0.05) is 0 Å². The summed E-state index contributed by atoms with van der Waals surface area (Å²) >= 11 is 0. The molecule has 4 heavy (non-hydrogen) atoms. The zero-order chi connectivity index (χ0) is 3.41. The van der Waals surface area contributed by atoms with Gasteiger partial charge in [-0.15, -0.1) is 0 Å². The summed E-state index contributed by atoms with van der Waals surface area (Å²) in [6, 6.07) is 0. The minimum Gasteiger partial charge on any atom is -0.200 e. The zero-order valence-electron chi connectivity index (χ0n) is 1.93. The highest BCUT2D eigenvalue weighted by molar-refractivity contribution is 8.19. The van der Waals surface area contributed by atoms with Crippen LogP contribution in [0.1, 0.15) is 0 Å². The van der Waals surface area contributed by atoms with Gasteiger partial charge in [-0.25, -0.2) is 4.21 Å². The van der Waals surface area contributed by atoms with Gasteiger partial charge in [0.25, 0.3) is 0 Å². The first-order valence-corrected chi connectivity index (χ1v) is 2.87. The molecule has 0 aromatic rings. The Bertz CT molecular complexity index is 56.1. The molecule has 0 radical (unpaired) electrons. The van der Waals surface area contributed by atoms with Crippen molar-refractivity contribution < 1.29 is 4.21 Å². The Morgan fingerprint density at radius 3 is 2.00 bits per heavy atom. The lowest BCUT2D eigenvalue weighted by Crippen LogP contribution is -1.24. The lowest BCUT2D eigenvalue weighted by atomic mass is 12.0. The molecule has 0 atom stereocenters. The van der Waals surface area contributed by atoms with Gasteiger partial charge >= 0.3 is 0 Å². The normalized spacial score (nSPS) is 5.00. The third-order valence-electron chi connectivity index (χ3n) is 0.0481. The Hall–Kier alpha value is 0.110. The van der Waals surface area contributed by atoms with Gasteiger partial charge in [-0.05, 0) is 5.87 Å². The van der Waals surface area contributed by atoms with Crippen molar-refractivity contribution in [1.29, 1.82) is 0 Å². The molecule has 0 saturated carbocycles. The summed E-state index contributed by atoms with van der Waals surface area (Å²) in [5.74, 6) is 3.17. The van der Waals surface area contributed by atoms with E-state index < -0.39 is 0 Å². The molecule has 24 valence electrons. The van der Waals surface area contributed by atoms with Crippen LogP contribution in [0.3, 0.4) is 0 Å². The van der Waals surface area contributed by atoms with Crippen LogP contribution < -0.4 is 0 Å². The highest BCUT2D eigenvalue weighted by Gasteiger charge is 1.16. The molecule has 0 aromatic heterocycles. The third kappa shape index (κ3) is 2.11. The molecule has 1 nitrogen and oxygen atoms in total. The number of hydrogen-bond donors (Lipinski definition) is 0. The Morgan fingerprint density at radius 2 is 2.00 bits per heavy atom. The molecule has 0 amide bonds. The maximum absolute atomic E-state index is 9.12. The highest BCUT2D eigenvalue weighted by Crippen LogP contribution is 1.07. The van der Waals surface area contributed by atoms with Gasteiger partial charge in [0.1, 0.15) is 0 Å². The first-order chi connectivity index (χ1) is 1.91. The minimum absolute atomic E-state index is 0.412. The molecular formula is CH2OS2. The molecule has 0 heterocycles. The van der Waals surface area contributed by atoms with Crippen molar-refractivity contribution in [3.63, 3.8) is 0 Å². The molecule has 0 aliphatic rings. The van der Waals surface area contributed by atoms with Crippen LogP contribution in [0.5, 0.6) is 0 Å². The smallest absolute Gasteiger partial charge is 0.156 e. The summed E-state index contributed by atoms with van der Waals surface area (Å²) in [7, 11) is 1.38. The molecule has 3 heteroatoms. The molecule has 0 fully saturated rings. The Labute approximate surface area is 30.9 Å². The minimum atomic E-state index is 0.412. The molecule has 0 rings (SSSR count). The summed E-state index contributed by atoms with van der Waals surface area (Å²) in [6.45, 7) is 0. The van der Waals surface area contributed by atoms with E-state index in [0.717, 1.165) is 9.91 Å². The van der Waals surface area contributed by atoms with Gasteiger partial charge < -0.3 is 0 Å². The van der Waals surface area contributed by atoms with Crippen LogP contribution in [-0.2, 0) is 20.1 Å². The van der Waals surface area contributed by atoms with Crippen molar-refractivity contribution in [2.75, 3.05) is 0 Å². The van der Waals surface area contributed by atoms with Crippen LogP contribution in [-0.4, -0.2) is 10.1 Å². The Balaban J connectivity index is 3.95. The van der Waals surface area contributed by atoms with E-state index >= 15 is 0 Å². The highest BCUT2D eigenvalue weighted by atomic mass is 32.8. The van der Waals surface area contributed by atoms with Crippen molar-refractivity contribution >= 4 is 26.0 Å². The summed E-state index contributed by atoms with van der Waals surface area (Å²) in [5.41, 5.74) is 0. The molecule has 0 bridgehead atoms. The van der Waals surface area contributed by atoms with Gasteiger partial charge in [0.05, 0.1) is 0 Å². The zero-order valence-corrected chi connectivity index (χ0v) is 3.56. The van der Waals surface area contributed by atoms with E-state index in [9.17, 15) is 0 Å². The summed E-state index contributed by atoms with van der Waals surface area (Å²) in [5, 5.41) is 0. The maximum Gasteiger partial charge on any atom is 0.156 e. The lowest BCUT2D eigenvalue weighted by molar-refractivity contribution is 0.702. The fourth-order valence-corrected chi connectivity index (χ4v) is 0. The van der Waals surface area contributed by atoms with E-state index in [2.05, 4.69) is 5.87 Å². The molecule has 0 N–H and O–H groups in total. The van der Waals surface area contributed by atoms with Crippen molar-refractivity contribution in [3.8, 4) is 0 Å². The predicted molar refractivity (Wildman–Crippen MR) is 22.6 cm³/mol. The second kappa shape index (κ2) is 3.11. The van der Waals surface area contributed by atoms with Crippen LogP contribution in [0.25, 0.3) is 0 Å². The van der Waals surface area contributed by atoms with Gasteiger partial charge in [-0.3, -0.25) is 0 Å². The lowest BCUT2D eigenvalue weighted by Gasteiger charge is -1.15. The Kier molecular flexibility index (Phi) is 3.20. The monoisotopic (exact) mass is 94.0 g/mol. The third-order valence-corrected chi connectivity index (χ3v) is 0.433. The van der Waals surface area contributed by atoms with E-state index in [4.69, 9.17) is 4.21 Å². The van der Waals surface area contributed by atoms with E-state index in [1.54, 1.807) is 0 Å². The standard InChI is InChI=1S/CH2OS2/c1-3-4-2/h1H2. The van der Waals surface area contributed by atoms with Crippen molar-refractivity contribution in [3.05, 3.63) is 0 Å². The molecule has 0 saturated heterocycles. The summed E-state index contributed by atoms with van der Waals surface area (Å²) in [4.78, 5) is 0. The van der Waals surface area contributed by atoms with E-state index in [0.29, 0.717) is 10.2 Å². The van der Waals surface area contributed by atoms with Crippen LogP contribution in [0.4, 0.5) is 0 Å². The quantitative estimate of drug-likeness (QED) is 0.374. The average molecular weight is 94.2 g/mol. The maximum atomic E-state index is 9.12. The fourth-order valence-electron chi connectivity index (χ4n) is 0. The van der Waals surface area contributed by atoms with Gasteiger partial charge in [0.2, 0.25) is 0 Å². The van der Waals surface area contributed by atoms with Gasteiger partial charge in [-0.2, -0.15) is 0 Å². The summed E-state index contributed by atoms with van der Waals surface area (Å²) < 4.78 is 9.12. The second-order valence-corrected chi connectivity index (χ2v) is 1.67. The molecule has 0 unspecified atom stereocenters. The van der Waals surface area contributed by atoms with E-state index in [1.807, 2.05) is 0 Å². The number of hydrogen-bond acceptors (Lipinski definition) is 1. The van der Waals surface area contributed by atoms with Crippen molar-refractivity contribution in [2.45, 2.75) is 0 Å². The topological polar surface area (TPSA) is 17.1 Å². The van der Waals surface area contributed by atoms with Gasteiger partial charge in [0.15, 0.2) is 10.2 Å². The van der Waals surface area contributed by atoms with Crippen LogP contribution in [0.15, 0.2) is 0 Å². The van der Waals surface area contributed by atoms with Crippen molar-refractivity contribution in [1.82, 2.24) is 0 Å². The van der Waals surface area contributed by atoms with Crippen LogP contribution >= 0.6 is 0 Å². The molecule has 0 aliphatic carbocycles. The molecule has 0 aromatic carbocycles. The molecular weight excluding hydrogens is 92.1 g/mol. The van der Waals surface area contributed by atoms with E-state index in [1.165, 1.54) is 0 Å². The van der Waals surface area contributed by atoms with Gasteiger partial charge in [-0.1, -0.05) is 9.91 Å². The second-order valence-electron chi connectivity index (χ2n) is 0.186. The molecule has 0 spiro atoms. The Morgan fingerprint density at radius 1 is 1.75 bits per heavy atom. The fraction of sp³-hybridized carbons (Fsp3) is 0. The first-order valence-electron chi connectivity index (χ1n) is 0.622. The molecule has 0 aliphatic heterocycles. The number of rotatable bonds is 0. The van der Waals surface area contributed by atoms with Crippen LogP contribution in [0.2, 0.25) is 0 Å². The van der Waals surface area contributed by atoms with E-state index in [-0.39, 0.29) is 0 Å². The van der Waals surface area contributed by atoms with Crippen molar-refractivity contribution in [2.24, 2.45) is 0 Å². The predicted octanol–water partition coefficient (Wildman–Crippen LogP) is -0.371. The first kappa shape index (κ1) is 4.11. The van der Waals surface area contributed by atoms with Crippen LogP contribution in [0, 0.1) is 0 Å².